The maximum Gasteiger partial charge on any atom is 2.00 e. The molecule has 0 N–H and O–H groups in total. The van der Waals surface area contributed by atoms with Gasteiger partial charge in [-0.1, -0.05) is 581 Å². The molecule has 0 spiro atoms. The Morgan fingerprint density at radius 1 is 0.106 bits per heavy atom. The summed E-state index contributed by atoms with van der Waals surface area (Å²) in [6, 6.07) is 0. The minimum absolute atomic E-state index is 0. The van der Waals surface area contributed by atoms with Gasteiger partial charge < -0.3 is 59.4 Å². The third kappa shape index (κ3) is 169. The molecule has 0 fully saturated rings. The summed E-state index contributed by atoms with van der Waals surface area (Å²) in [5.74, 6) is -5.42. The number of aliphatic carboxylic acids is 6. The molecule has 0 atom stereocenters. The van der Waals surface area contributed by atoms with Gasteiger partial charge in [-0.05, 0) is 77.0 Å². The molecule has 0 aromatic rings. The zero-order chi connectivity index (χ0) is 89.3. The first-order valence-electron chi connectivity index (χ1n) is 53.8. The SMILES string of the molecule is CCCCCCCCCCCCCCCCCC(=O)[O-].CCCCCCCCCCCCCCCCCC(=O)[O-].CCCCCCCCCCCCCCCCCC(=O)[O-].CCCCCCCCCCCCCCCCCC(=O)[O-].CCCCCCCCCCCCCCCCCC(=O)[O-].CCCCCCCCCCCCCCCCCC(=O)[O-].[Ca+2].[Ca+2].[Ca+2]. The maximum atomic E-state index is 10.2. The van der Waals surface area contributed by atoms with E-state index in [9.17, 15) is 59.4 Å². The van der Waals surface area contributed by atoms with Crippen LogP contribution in [0, 0.1) is 0 Å². The molecule has 0 amide bonds. The van der Waals surface area contributed by atoms with Crippen LogP contribution in [0.25, 0.3) is 0 Å². The Kier molecular flexibility index (Phi) is 159. The number of carboxylic acid groups (broad SMARTS) is 6. The summed E-state index contributed by atoms with van der Waals surface area (Å²) in [5, 5.41) is 61.3. The van der Waals surface area contributed by atoms with Crippen molar-refractivity contribution in [2.75, 3.05) is 0 Å². The summed E-state index contributed by atoms with van der Waals surface area (Å²) in [6.45, 7) is 13.6. The van der Waals surface area contributed by atoms with E-state index in [-0.39, 0.29) is 152 Å². The first-order valence-corrected chi connectivity index (χ1v) is 53.8. The molecule has 0 saturated carbocycles. The van der Waals surface area contributed by atoms with Gasteiger partial charge in [0.05, 0.1) is 0 Å². The van der Waals surface area contributed by atoms with Crippen molar-refractivity contribution >= 4 is 149 Å². The molecular formula is C108H210Ca3O12. The molecule has 12 nitrogen and oxygen atoms in total. The Morgan fingerprint density at radius 3 is 0.203 bits per heavy atom. The molecule has 0 aliphatic rings. The second-order valence-corrected chi connectivity index (χ2v) is 36.4. The summed E-state index contributed by atoms with van der Waals surface area (Å²) in [6.07, 6.45) is 119. The van der Waals surface area contributed by atoms with Crippen LogP contribution in [-0.2, 0) is 28.8 Å². The fraction of sp³-hybridized carbons (Fsp3) is 0.944. The van der Waals surface area contributed by atoms with Gasteiger partial charge in [-0.2, -0.15) is 0 Å². The van der Waals surface area contributed by atoms with Crippen LogP contribution in [-0.4, -0.2) is 149 Å². The van der Waals surface area contributed by atoms with Crippen LogP contribution >= 0.6 is 0 Å². The number of rotatable bonds is 96. The van der Waals surface area contributed by atoms with Gasteiger partial charge in [0.2, 0.25) is 0 Å². The van der Waals surface area contributed by atoms with Crippen LogP contribution in [0.5, 0.6) is 0 Å². The van der Waals surface area contributed by atoms with Crippen molar-refractivity contribution in [2.45, 2.75) is 658 Å². The van der Waals surface area contributed by atoms with Gasteiger partial charge in [0.1, 0.15) is 0 Å². The molecule has 0 saturated heterocycles. The third-order valence-electron chi connectivity index (χ3n) is 23.9. The van der Waals surface area contributed by atoms with Crippen molar-refractivity contribution in [3.05, 3.63) is 0 Å². The Hall–Kier alpha value is 0.599. The van der Waals surface area contributed by atoms with Crippen molar-refractivity contribution in [1.29, 1.82) is 0 Å². The van der Waals surface area contributed by atoms with E-state index in [1.165, 1.54) is 501 Å². The molecule has 0 rings (SSSR count). The normalized spacial score (nSPS) is 10.6. The van der Waals surface area contributed by atoms with Gasteiger partial charge in [-0.3, -0.25) is 0 Å². The van der Waals surface area contributed by atoms with Crippen LogP contribution < -0.4 is 30.6 Å². The van der Waals surface area contributed by atoms with Gasteiger partial charge in [0, 0.05) is 35.8 Å². The number of carboxylic acids is 6. The van der Waals surface area contributed by atoms with Crippen LogP contribution in [0.1, 0.15) is 658 Å². The van der Waals surface area contributed by atoms with Crippen molar-refractivity contribution in [3.8, 4) is 0 Å². The molecule has 123 heavy (non-hydrogen) atoms. The zero-order valence-electron chi connectivity index (χ0n) is 83.9. The number of carbonyl (C=O) groups is 6. The molecule has 720 valence electrons. The van der Waals surface area contributed by atoms with Crippen molar-refractivity contribution in [2.24, 2.45) is 0 Å². The number of hydrogen-bond acceptors (Lipinski definition) is 12. The summed E-state index contributed by atoms with van der Waals surface area (Å²) < 4.78 is 0. The van der Waals surface area contributed by atoms with Crippen LogP contribution in [0.4, 0.5) is 0 Å². The Bertz CT molecular complexity index is 1570. The molecule has 0 heterocycles. The van der Waals surface area contributed by atoms with E-state index < -0.39 is 35.8 Å². The second kappa shape index (κ2) is 138. The fourth-order valence-corrected chi connectivity index (χ4v) is 15.8. The predicted molar refractivity (Wildman–Crippen MR) is 525 cm³/mol. The van der Waals surface area contributed by atoms with Gasteiger partial charge in [0.25, 0.3) is 0 Å². The summed E-state index contributed by atoms with van der Waals surface area (Å²) >= 11 is 0. The summed E-state index contributed by atoms with van der Waals surface area (Å²) in [5.41, 5.74) is 0. The van der Waals surface area contributed by atoms with Gasteiger partial charge in [-0.15, -0.1) is 0 Å². The van der Waals surface area contributed by atoms with E-state index in [2.05, 4.69) is 41.5 Å². The standard InChI is InChI=1S/6C18H36O2.3Ca/c6*1-2-3-4-5-6-7-8-9-10-11-12-13-14-15-16-17-18(19)20;;;/h6*2-17H2,1H3,(H,19,20);;;/q;;;;;;3*+2/p-6. The van der Waals surface area contributed by atoms with E-state index in [1.54, 1.807) is 0 Å². The molecule has 0 bridgehead atoms. The van der Waals surface area contributed by atoms with E-state index in [0.29, 0.717) is 0 Å². The number of carbonyl (C=O) groups excluding carboxylic acids is 6. The molecule has 15 heteroatoms. The number of hydrogen-bond donors (Lipinski definition) is 0. The third-order valence-corrected chi connectivity index (χ3v) is 23.9. The maximum absolute atomic E-state index is 10.2. The van der Waals surface area contributed by atoms with Crippen LogP contribution in [0.2, 0.25) is 0 Å². The molecule has 0 aromatic carbocycles. The van der Waals surface area contributed by atoms with Crippen molar-refractivity contribution in [1.82, 2.24) is 0 Å². The smallest absolute Gasteiger partial charge is 0.550 e. The monoisotopic (exact) mass is 1820 g/mol. The molecule has 0 aliphatic carbocycles. The van der Waals surface area contributed by atoms with Crippen molar-refractivity contribution < 1.29 is 59.4 Å². The van der Waals surface area contributed by atoms with Crippen molar-refractivity contribution in [3.63, 3.8) is 0 Å². The van der Waals surface area contributed by atoms with E-state index >= 15 is 0 Å². The van der Waals surface area contributed by atoms with E-state index in [1.807, 2.05) is 0 Å². The quantitative estimate of drug-likeness (QED) is 0.0408. The Morgan fingerprint density at radius 2 is 0.154 bits per heavy atom. The average molecular weight is 1820 g/mol. The predicted octanol–water partition coefficient (Wildman–Crippen LogP) is 28.8. The first-order chi connectivity index (χ1) is 58.6. The average Bonchev–Trinajstić information content (AvgIpc) is 1.20. The summed E-state index contributed by atoms with van der Waals surface area (Å²) in [4.78, 5) is 61.3. The minimum atomic E-state index is -0.903. The largest absolute Gasteiger partial charge is 2.00 e. The van der Waals surface area contributed by atoms with Crippen LogP contribution in [0.3, 0.4) is 0 Å². The number of unbranched alkanes of at least 4 members (excludes halogenated alkanes) is 84. The topological polar surface area (TPSA) is 241 Å². The first kappa shape index (κ1) is 141. The van der Waals surface area contributed by atoms with Gasteiger partial charge >= 0.3 is 113 Å². The Labute approximate surface area is 857 Å². The van der Waals surface area contributed by atoms with E-state index in [4.69, 9.17) is 0 Å². The summed E-state index contributed by atoms with van der Waals surface area (Å²) in [7, 11) is 0. The minimum Gasteiger partial charge on any atom is -0.550 e. The molecule has 0 radical (unpaired) electrons. The molecule has 0 unspecified atom stereocenters. The molecule has 0 aliphatic heterocycles. The second-order valence-electron chi connectivity index (χ2n) is 36.4. The Balaban J connectivity index is -0.000000180. The zero-order valence-corrected chi connectivity index (χ0v) is 90.5. The van der Waals surface area contributed by atoms with Crippen LogP contribution in [0.15, 0.2) is 0 Å². The van der Waals surface area contributed by atoms with Gasteiger partial charge in [-0.25, -0.2) is 0 Å². The fourth-order valence-electron chi connectivity index (χ4n) is 15.8. The molecular weight excluding hydrogens is 1610 g/mol. The van der Waals surface area contributed by atoms with Gasteiger partial charge in [0.15, 0.2) is 0 Å². The molecule has 0 aromatic heterocycles. The van der Waals surface area contributed by atoms with E-state index in [0.717, 1.165) is 77.0 Å².